The third-order valence-electron chi connectivity index (χ3n) is 3.63. The molecule has 1 aliphatic carbocycles. The molecule has 104 valence electrons. The average Bonchev–Trinajstić information content (AvgIpc) is 2.81. The molecular weight excluding hydrogens is 279 g/mol. The van der Waals surface area contributed by atoms with Gasteiger partial charge in [-0.15, -0.1) is 0 Å². The maximum Gasteiger partial charge on any atom is 0.131 e. The van der Waals surface area contributed by atoms with E-state index in [1.165, 1.54) is 6.07 Å². The Balaban J connectivity index is 1.83. The van der Waals surface area contributed by atoms with Crippen LogP contribution in [0.15, 0.2) is 36.4 Å². The number of benzene rings is 2. The summed E-state index contributed by atoms with van der Waals surface area (Å²) in [5.41, 5.74) is 2.26. The molecule has 1 atom stereocenters. The first kappa shape index (κ1) is 13.4. The summed E-state index contributed by atoms with van der Waals surface area (Å²) in [5.74, 6) is 0.323. The lowest BCUT2D eigenvalue weighted by atomic mass is 10.1. The van der Waals surface area contributed by atoms with Crippen LogP contribution < -0.4 is 4.74 Å². The fourth-order valence-electron chi connectivity index (χ4n) is 2.55. The van der Waals surface area contributed by atoms with Gasteiger partial charge in [-0.25, -0.2) is 4.39 Å². The highest BCUT2D eigenvalue weighted by atomic mass is 35.5. The quantitative estimate of drug-likeness (QED) is 0.925. The van der Waals surface area contributed by atoms with Crippen molar-refractivity contribution in [1.29, 1.82) is 0 Å². The van der Waals surface area contributed by atoms with E-state index in [1.807, 2.05) is 18.2 Å². The molecule has 1 unspecified atom stereocenters. The first-order valence-corrected chi connectivity index (χ1v) is 6.90. The van der Waals surface area contributed by atoms with Crippen LogP contribution >= 0.6 is 11.6 Å². The fraction of sp³-hybridized carbons (Fsp3) is 0.250. The highest BCUT2D eigenvalue weighted by molar-refractivity contribution is 6.31. The van der Waals surface area contributed by atoms with Crippen molar-refractivity contribution in [2.24, 2.45) is 0 Å². The van der Waals surface area contributed by atoms with Gasteiger partial charge in [0, 0.05) is 11.1 Å². The van der Waals surface area contributed by atoms with Crippen LogP contribution in [0.25, 0.3) is 0 Å². The van der Waals surface area contributed by atoms with Gasteiger partial charge in [-0.1, -0.05) is 29.8 Å². The van der Waals surface area contributed by atoms with Gasteiger partial charge in [0.2, 0.25) is 0 Å². The van der Waals surface area contributed by atoms with E-state index in [4.69, 9.17) is 16.3 Å². The van der Waals surface area contributed by atoms with Crippen LogP contribution in [0, 0.1) is 5.82 Å². The van der Waals surface area contributed by atoms with Gasteiger partial charge in [0.25, 0.3) is 0 Å². The molecule has 1 aliphatic rings. The Morgan fingerprint density at radius 1 is 1.25 bits per heavy atom. The van der Waals surface area contributed by atoms with E-state index < -0.39 is 6.10 Å². The third kappa shape index (κ3) is 2.39. The molecule has 2 aromatic rings. The molecule has 3 rings (SSSR count). The van der Waals surface area contributed by atoms with Crippen LogP contribution in [0.5, 0.6) is 5.75 Å². The summed E-state index contributed by atoms with van der Waals surface area (Å²) in [5, 5.41) is 10.2. The molecule has 0 aromatic heterocycles. The van der Waals surface area contributed by atoms with Crippen LogP contribution in [-0.2, 0) is 13.0 Å². The Kier molecular flexibility index (Phi) is 3.64. The van der Waals surface area contributed by atoms with Crippen molar-refractivity contribution in [2.45, 2.75) is 25.6 Å². The van der Waals surface area contributed by atoms with Crippen molar-refractivity contribution in [2.75, 3.05) is 0 Å². The van der Waals surface area contributed by atoms with E-state index in [0.29, 0.717) is 22.8 Å². The van der Waals surface area contributed by atoms with Gasteiger partial charge in [-0.05, 0) is 36.6 Å². The first-order chi connectivity index (χ1) is 9.66. The van der Waals surface area contributed by atoms with Crippen molar-refractivity contribution in [3.05, 3.63) is 63.9 Å². The summed E-state index contributed by atoms with van der Waals surface area (Å²) >= 11 is 5.98. The predicted molar refractivity (Wildman–Crippen MR) is 75.5 cm³/mol. The number of hydrogen-bond donors (Lipinski definition) is 1. The van der Waals surface area contributed by atoms with E-state index in [9.17, 15) is 9.50 Å². The molecule has 0 aliphatic heterocycles. The van der Waals surface area contributed by atoms with Crippen LogP contribution in [0.1, 0.15) is 29.2 Å². The lowest BCUT2D eigenvalue weighted by molar-refractivity contribution is 0.180. The molecule has 20 heavy (non-hydrogen) atoms. The van der Waals surface area contributed by atoms with Crippen molar-refractivity contribution in [1.82, 2.24) is 0 Å². The Morgan fingerprint density at radius 2 is 2.05 bits per heavy atom. The molecule has 0 bridgehead atoms. The van der Waals surface area contributed by atoms with Crippen molar-refractivity contribution < 1.29 is 14.2 Å². The summed E-state index contributed by atoms with van der Waals surface area (Å²) in [7, 11) is 0. The lowest BCUT2D eigenvalue weighted by Crippen LogP contribution is -2.01. The number of aliphatic hydroxyl groups is 1. The van der Waals surface area contributed by atoms with Gasteiger partial charge >= 0.3 is 0 Å². The number of hydrogen-bond acceptors (Lipinski definition) is 2. The normalized spacial score (nSPS) is 17.1. The van der Waals surface area contributed by atoms with Gasteiger partial charge in [-0.2, -0.15) is 0 Å². The highest BCUT2D eigenvalue weighted by Gasteiger charge is 2.23. The maximum absolute atomic E-state index is 13.7. The van der Waals surface area contributed by atoms with E-state index >= 15 is 0 Å². The highest BCUT2D eigenvalue weighted by Crippen LogP contribution is 2.37. The van der Waals surface area contributed by atoms with Crippen molar-refractivity contribution >= 4 is 11.6 Å². The minimum atomic E-state index is -0.425. The topological polar surface area (TPSA) is 29.5 Å². The van der Waals surface area contributed by atoms with Gasteiger partial charge in [0.1, 0.15) is 18.2 Å². The monoisotopic (exact) mass is 292 g/mol. The van der Waals surface area contributed by atoms with Gasteiger partial charge in [0.15, 0.2) is 0 Å². The van der Waals surface area contributed by atoms with Gasteiger partial charge in [0.05, 0.1) is 11.1 Å². The minimum Gasteiger partial charge on any atom is -0.488 e. The largest absolute Gasteiger partial charge is 0.488 e. The van der Waals surface area contributed by atoms with Gasteiger partial charge < -0.3 is 9.84 Å². The third-order valence-corrected chi connectivity index (χ3v) is 3.98. The number of rotatable bonds is 3. The molecule has 0 spiro atoms. The van der Waals surface area contributed by atoms with Crippen LogP contribution in [0.2, 0.25) is 5.02 Å². The van der Waals surface area contributed by atoms with Crippen LogP contribution in [0.4, 0.5) is 4.39 Å². The van der Waals surface area contributed by atoms with Crippen molar-refractivity contribution in [3.8, 4) is 5.75 Å². The molecule has 4 heteroatoms. The smallest absolute Gasteiger partial charge is 0.131 e. The Labute approximate surface area is 121 Å². The molecule has 0 fully saturated rings. The zero-order chi connectivity index (χ0) is 14.1. The maximum atomic E-state index is 13.7. The summed E-state index contributed by atoms with van der Waals surface area (Å²) in [6.07, 6.45) is 1.05. The number of aliphatic hydroxyl groups excluding tert-OH is 1. The summed E-state index contributed by atoms with van der Waals surface area (Å²) in [4.78, 5) is 0. The van der Waals surface area contributed by atoms with E-state index in [2.05, 4.69) is 0 Å². The summed E-state index contributed by atoms with van der Waals surface area (Å²) < 4.78 is 19.4. The SMILES string of the molecule is OC1CCc2c(OCc3c(F)cccc3Cl)cccc21. The molecule has 0 heterocycles. The Morgan fingerprint density at radius 3 is 2.85 bits per heavy atom. The summed E-state index contributed by atoms with van der Waals surface area (Å²) in [6.45, 7) is 0.0814. The van der Waals surface area contributed by atoms with Crippen molar-refractivity contribution in [3.63, 3.8) is 0 Å². The zero-order valence-corrected chi connectivity index (χ0v) is 11.5. The van der Waals surface area contributed by atoms with Crippen LogP contribution in [-0.4, -0.2) is 5.11 Å². The molecular formula is C16H14ClFO2. The number of ether oxygens (including phenoxy) is 1. The molecule has 0 amide bonds. The summed E-state index contributed by atoms with van der Waals surface area (Å²) in [6, 6.07) is 10.2. The second-order valence-electron chi connectivity index (χ2n) is 4.87. The molecule has 0 saturated carbocycles. The van der Waals surface area contributed by atoms with E-state index in [1.54, 1.807) is 12.1 Å². The van der Waals surface area contributed by atoms with Gasteiger partial charge in [-0.3, -0.25) is 0 Å². The number of halogens is 2. The lowest BCUT2D eigenvalue weighted by Gasteiger charge is -2.12. The Bertz CT molecular complexity index is 622. The fourth-order valence-corrected chi connectivity index (χ4v) is 2.77. The standard InChI is InChI=1S/C16H14ClFO2/c17-13-4-2-5-14(18)12(13)9-20-16-6-1-3-10-11(16)7-8-15(10)19/h1-6,15,19H,7-9H2. The minimum absolute atomic E-state index is 0.0814. The molecule has 1 N–H and O–H groups in total. The zero-order valence-electron chi connectivity index (χ0n) is 10.8. The molecule has 2 aromatic carbocycles. The van der Waals surface area contributed by atoms with Crippen LogP contribution in [0.3, 0.4) is 0 Å². The molecule has 0 radical (unpaired) electrons. The number of fused-ring (bicyclic) bond motifs is 1. The Hall–Kier alpha value is -1.58. The first-order valence-electron chi connectivity index (χ1n) is 6.52. The predicted octanol–water partition coefficient (Wildman–Crippen LogP) is 4.04. The van der Waals surface area contributed by atoms with E-state index in [-0.39, 0.29) is 12.4 Å². The second-order valence-corrected chi connectivity index (χ2v) is 5.27. The van der Waals surface area contributed by atoms with E-state index in [0.717, 1.165) is 17.5 Å². The molecule has 0 saturated heterocycles. The molecule has 2 nitrogen and oxygen atoms in total. The average molecular weight is 293 g/mol. The second kappa shape index (κ2) is 5.43.